The Kier molecular flexibility index (Phi) is 7.50. The van der Waals surface area contributed by atoms with Crippen molar-refractivity contribution in [2.45, 2.75) is 19.2 Å². The zero-order chi connectivity index (χ0) is 24.1. The first-order valence-corrected chi connectivity index (χ1v) is 11.5. The van der Waals surface area contributed by atoms with E-state index in [4.69, 9.17) is 24.3 Å². The van der Waals surface area contributed by atoms with Gasteiger partial charge in [-0.15, -0.1) is 11.3 Å². The van der Waals surface area contributed by atoms with E-state index in [-0.39, 0.29) is 25.3 Å². The minimum absolute atomic E-state index is 0.0507. The molecule has 0 bridgehead atoms. The first-order valence-electron chi connectivity index (χ1n) is 10.6. The lowest BCUT2D eigenvalue weighted by molar-refractivity contribution is -0.139. The third-order valence-electron chi connectivity index (χ3n) is 5.21. The lowest BCUT2D eigenvalue weighted by Crippen LogP contribution is -2.50. The van der Waals surface area contributed by atoms with E-state index in [1.807, 2.05) is 0 Å². The highest BCUT2D eigenvalue weighted by molar-refractivity contribution is 7.11. The van der Waals surface area contributed by atoms with Crippen LogP contribution in [0.4, 0.5) is 9.18 Å². The number of aromatic nitrogens is 1. The summed E-state index contributed by atoms with van der Waals surface area (Å²) in [5, 5.41) is 14.7. The number of amidine groups is 1. The number of carboxylic acid groups (broad SMARTS) is 1. The van der Waals surface area contributed by atoms with Crippen LogP contribution in [0.2, 0.25) is 0 Å². The van der Waals surface area contributed by atoms with E-state index < -0.39 is 30.2 Å². The number of halogens is 1. The molecule has 3 heterocycles. The Morgan fingerprint density at radius 2 is 2.26 bits per heavy atom. The Labute approximate surface area is 198 Å². The Morgan fingerprint density at radius 1 is 1.41 bits per heavy atom. The second kappa shape index (κ2) is 10.7. The van der Waals surface area contributed by atoms with Crippen molar-refractivity contribution in [3.8, 4) is 0 Å². The van der Waals surface area contributed by atoms with E-state index in [1.165, 1.54) is 23.5 Å². The smallest absolute Gasteiger partial charge is 0.463 e. The van der Waals surface area contributed by atoms with Crippen LogP contribution in [-0.4, -0.2) is 72.1 Å². The minimum atomic E-state index is -1.43. The van der Waals surface area contributed by atoms with E-state index in [2.05, 4.69) is 10.3 Å². The van der Waals surface area contributed by atoms with Crippen LogP contribution >= 0.6 is 11.3 Å². The van der Waals surface area contributed by atoms with Gasteiger partial charge in [-0.1, -0.05) is 12.1 Å². The molecule has 0 unspecified atom stereocenters. The van der Waals surface area contributed by atoms with Gasteiger partial charge < -0.3 is 24.6 Å². The lowest BCUT2D eigenvalue weighted by Gasteiger charge is -2.36. The van der Waals surface area contributed by atoms with Gasteiger partial charge in [0, 0.05) is 30.4 Å². The number of benzene rings is 1. The number of hydrogen-bond donors (Lipinski definition) is 2. The molecule has 4 rings (SSSR count). The number of nitrogens with one attached hydrogen (secondary N) is 1. The van der Waals surface area contributed by atoms with Gasteiger partial charge in [-0.3, -0.25) is 9.89 Å². The first kappa shape index (κ1) is 23.8. The summed E-state index contributed by atoms with van der Waals surface area (Å²) in [6.45, 7) is 2.72. The number of hydrogen-bond acceptors (Lipinski definition) is 10. The second-order valence-corrected chi connectivity index (χ2v) is 8.29. The standard InChI is InChI=1S/C22H23FN4O6S/c1-2-32-21(28)17-15(11-27-7-8-31-12-16(27)33-22(29)30)25-19(20-24-6-9-34-20)26-18(17)13-4-3-5-14(23)10-13/h3-6,9-10,16,18H,2,7-8,11-12H2,1H3,(H,25,26)(H,29,30)/t16-,18-/m0/s1. The van der Waals surface area contributed by atoms with Crippen molar-refractivity contribution in [2.75, 3.05) is 32.9 Å². The summed E-state index contributed by atoms with van der Waals surface area (Å²) >= 11 is 1.35. The molecule has 1 aromatic heterocycles. The molecule has 2 aliphatic rings. The maximum atomic E-state index is 14.1. The normalized spacial score (nSPS) is 20.9. The fraction of sp³-hybridized carbons (Fsp3) is 0.364. The van der Waals surface area contributed by atoms with Crippen LogP contribution < -0.4 is 5.32 Å². The van der Waals surface area contributed by atoms with Crippen LogP contribution in [0.1, 0.15) is 23.5 Å². The second-order valence-electron chi connectivity index (χ2n) is 7.39. The average molecular weight is 491 g/mol. The fourth-order valence-electron chi connectivity index (χ4n) is 3.76. The van der Waals surface area contributed by atoms with Crippen molar-refractivity contribution >= 4 is 29.3 Å². The van der Waals surface area contributed by atoms with Gasteiger partial charge in [-0.25, -0.2) is 19.0 Å². The zero-order valence-corrected chi connectivity index (χ0v) is 19.1. The largest absolute Gasteiger partial charge is 0.507 e. The van der Waals surface area contributed by atoms with Crippen molar-refractivity contribution in [3.63, 3.8) is 0 Å². The van der Waals surface area contributed by atoms with Crippen molar-refractivity contribution in [2.24, 2.45) is 4.99 Å². The summed E-state index contributed by atoms with van der Waals surface area (Å²) in [5.41, 5.74) is 1.11. The molecule has 10 nitrogen and oxygen atoms in total. The molecule has 0 aliphatic carbocycles. The molecule has 2 aromatic rings. The van der Waals surface area contributed by atoms with Crippen LogP contribution in [0.3, 0.4) is 0 Å². The third-order valence-corrected chi connectivity index (χ3v) is 5.99. The molecule has 2 N–H and O–H groups in total. The molecule has 0 radical (unpaired) electrons. The molecule has 2 atom stereocenters. The SMILES string of the molecule is CCOC(=O)C1=C(CN2CCOC[C@@H]2OC(=O)O)NC(c2nccs2)=N[C@H]1c1cccc(F)c1. The zero-order valence-electron chi connectivity index (χ0n) is 18.3. The highest BCUT2D eigenvalue weighted by Gasteiger charge is 2.36. The fourth-order valence-corrected chi connectivity index (χ4v) is 4.35. The van der Waals surface area contributed by atoms with Gasteiger partial charge in [0.15, 0.2) is 17.1 Å². The third kappa shape index (κ3) is 5.41. The molecule has 12 heteroatoms. The molecular weight excluding hydrogens is 467 g/mol. The summed E-state index contributed by atoms with van der Waals surface area (Å²) in [6, 6.07) is 5.01. The van der Waals surface area contributed by atoms with Crippen molar-refractivity contribution in [1.82, 2.24) is 15.2 Å². The van der Waals surface area contributed by atoms with Crippen molar-refractivity contribution in [3.05, 3.63) is 63.5 Å². The molecule has 0 spiro atoms. The molecule has 2 aliphatic heterocycles. The quantitative estimate of drug-likeness (QED) is 0.564. The molecule has 180 valence electrons. The number of morpholine rings is 1. The number of thiazole rings is 1. The van der Waals surface area contributed by atoms with Gasteiger partial charge in [-0.05, 0) is 24.6 Å². The molecule has 1 fully saturated rings. The molecule has 1 aromatic carbocycles. The molecular formula is C22H23FN4O6S. The predicted octanol–water partition coefficient (Wildman–Crippen LogP) is 2.54. The van der Waals surface area contributed by atoms with Gasteiger partial charge in [0.1, 0.15) is 11.9 Å². The Bertz CT molecular complexity index is 1110. The first-order chi connectivity index (χ1) is 16.5. The van der Waals surface area contributed by atoms with Crippen molar-refractivity contribution < 1.29 is 33.3 Å². The van der Waals surface area contributed by atoms with Gasteiger partial charge in [0.2, 0.25) is 0 Å². The Morgan fingerprint density at radius 3 is 2.97 bits per heavy atom. The number of aliphatic imine (C=N–C) groups is 1. The van der Waals surface area contributed by atoms with Gasteiger partial charge in [0.05, 0.1) is 25.4 Å². The molecule has 0 amide bonds. The number of carbonyl (C=O) groups is 2. The number of carbonyl (C=O) groups excluding carboxylic acids is 1. The van der Waals surface area contributed by atoms with Crippen LogP contribution in [0, 0.1) is 5.82 Å². The number of esters is 1. The number of ether oxygens (including phenoxy) is 3. The van der Waals surface area contributed by atoms with Crippen LogP contribution in [0.15, 0.2) is 52.1 Å². The monoisotopic (exact) mass is 490 g/mol. The van der Waals surface area contributed by atoms with Gasteiger partial charge >= 0.3 is 12.1 Å². The van der Waals surface area contributed by atoms with E-state index in [1.54, 1.807) is 35.5 Å². The van der Waals surface area contributed by atoms with Crippen molar-refractivity contribution in [1.29, 1.82) is 0 Å². The van der Waals surface area contributed by atoms with Gasteiger partial charge in [-0.2, -0.15) is 0 Å². The molecule has 0 saturated carbocycles. The summed E-state index contributed by atoms with van der Waals surface area (Å²) in [5.74, 6) is -0.656. The van der Waals surface area contributed by atoms with E-state index in [9.17, 15) is 14.0 Å². The van der Waals surface area contributed by atoms with Gasteiger partial charge in [0.25, 0.3) is 0 Å². The molecule has 1 saturated heterocycles. The minimum Gasteiger partial charge on any atom is -0.463 e. The van der Waals surface area contributed by atoms with Crippen LogP contribution in [0.25, 0.3) is 0 Å². The van der Waals surface area contributed by atoms with E-state index in [0.717, 1.165) is 0 Å². The van der Waals surface area contributed by atoms with Crippen LogP contribution in [0.5, 0.6) is 0 Å². The molecule has 34 heavy (non-hydrogen) atoms. The summed E-state index contributed by atoms with van der Waals surface area (Å²) in [7, 11) is 0. The maximum absolute atomic E-state index is 14.1. The lowest BCUT2D eigenvalue weighted by atomic mass is 9.95. The van der Waals surface area contributed by atoms with Crippen LogP contribution in [-0.2, 0) is 19.0 Å². The summed E-state index contributed by atoms with van der Waals surface area (Å²) < 4.78 is 29.8. The predicted molar refractivity (Wildman–Crippen MR) is 120 cm³/mol. The Balaban J connectivity index is 1.78. The van der Waals surface area contributed by atoms with E-state index >= 15 is 0 Å². The summed E-state index contributed by atoms with van der Waals surface area (Å²) in [4.78, 5) is 35.0. The average Bonchev–Trinajstić information content (AvgIpc) is 3.35. The highest BCUT2D eigenvalue weighted by atomic mass is 32.1. The Hall–Kier alpha value is -3.35. The summed E-state index contributed by atoms with van der Waals surface area (Å²) in [6.07, 6.45) is -0.664. The number of rotatable bonds is 7. The maximum Gasteiger partial charge on any atom is 0.507 e. The topological polar surface area (TPSA) is 123 Å². The highest BCUT2D eigenvalue weighted by Crippen LogP contribution is 2.33. The van der Waals surface area contributed by atoms with E-state index in [0.29, 0.717) is 35.3 Å². The number of nitrogens with zero attached hydrogens (tertiary/aromatic N) is 3.